The van der Waals surface area contributed by atoms with Gasteiger partial charge in [0, 0.05) is 45.5 Å². The molecule has 0 saturated carbocycles. The number of rotatable bonds is 7. The third kappa shape index (κ3) is 12.4. The molecule has 0 saturated heterocycles. The fraction of sp³-hybridized carbons (Fsp3) is 0.396. The lowest BCUT2D eigenvalue weighted by Gasteiger charge is -2.25. The van der Waals surface area contributed by atoms with Crippen molar-refractivity contribution in [1.82, 2.24) is 36.1 Å². The normalized spacial score (nSPS) is 17.6. The van der Waals surface area contributed by atoms with Gasteiger partial charge in [0.15, 0.2) is 0 Å². The number of fused-ring (bicyclic) bond motifs is 4. The van der Waals surface area contributed by atoms with Crippen LogP contribution in [0.4, 0.5) is 0 Å². The highest BCUT2D eigenvalue weighted by molar-refractivity contribution is 5.43. The van der Waals surface area contributed by atoms with Crippen molar-refractivity contribution in [3.63, 3.8) is 0 Å². The zero-order valence-corrected chi connectivity index (χ0v) is 32.7. The number of hydrogen-bond acceptors (Lipinski definition) is 7. The zero-order valence-electron chi connectivity index (χ0n) is 32.7. The predicted molar refractivity (Wildman–Crippen MR) is 227 cm³/mol. The van der Waals surface area contributed by atoms with Crippen molar-refractivity contribution < 1.29 is 0 Å². The Hall–Kier alpha value is -4.21. The van der Waals surface area contributed by atoms with E-state index >= 15 is 0 Å². The van der Waals surface area contributed by atoms with E-state index in [2.05, 4.69) is 140 Å². The minimum atomic E-state index is 0.0649. The summed E-state index contributed by atoms with van der Waals surface area (Å²) in [5, 5.41) is 14.7. The molecule has 4 N–H and O–H groups in total. The van der Waals surface area contributed by atoms with Crippen LogP contribution in [0.3, 0.4) is 0 Å². The molecule has 7 heteroatoms. The van der Waals surface area contributed by atoms with Crippen LogP contribution in [-0.2, 0) is 39.3 Å². The van der Waals surface area contributed by atoms with Crippen LogP contribution >= 0.6 is 0 Å². The van der Waals surface area contributed by atoms with Gasteiger partial charge in [-0.2, -0.15) is 0 Å². The van der Waals surface area contributed by atoms with Crippen LogP contribution in [0.5, 0.6) is 0 Å². The molecule has 4 bridgehead atoms. The highest BCUT2D eigenvalue weighted by Gasteiger charge is 2.20. The Morgan fingerprint density at radius 2 is 0.873 bits per heavy atom. The molecule has 5 aromatic rings. The van der Waals surface area contributed by atoms with Gasteiger partial charge in [-0.1, -0.05) is 103 Å². The largest absolute Gasteiger partial charge is 0.313 e. The molecular weight excluding hydrogens is 675 g/mol. The van der Waals surface area contributed by atoms with Crippen molar-refractivity contribution in [3.8, 4) is 0 Å². The average Bonchev–Trinajstić information content (AvgIpc) is 3.21. The maximum Gasteiger partial charge on any atom is 0.0522 e. The summed E-state index contributed by atoms with van der Waals surface area (Å²) in [6.45, 7) is 14.0. The van der Waals surface area contributed by atoms with Gasteiger partial charge in [-0.25, -0.2) is 0 Å². The van der Waals surface area contributed by atoms with E-state index < -0.39 is 0 Å². The molecule has 0 spiro atoms. The number of nitrogens with one attached hydrogen (secondary N) is 4. The summed E-state index contributed by atoms with van der Waals surface area (Å²) in [6.07, 6.45) is 6.47. The maximum absolute atomic E-state index is 4.94. The smallest absolute Gasteiger partial charge is 0.0522 e. The summed E-state index contributed by atoms with van der Waals surface area (Å²) in [5.74, 6) is 0.0649. The fourth-order valence-corrected chi connectivity index (χ4v) is 8.22. The molecule has 7 rings (SSSR count). The van der Waals surface area contributed by atoms with Crippen LogP contribution in [0.2, 0.25) is 0 Å². The number of aromatic nitrogens is 1. The molecule has 7 nitrogen and oxygen atoms in total. The fourth-order valence-electron chi connectivity index (χ4n) is 8.22. The van der Waals surface area contributed by atoms with Gasteiger partial charge in [0.2, 0.25) is 0 Å². The molecule has 0 amide bonds. The monoisotopic (exact) mass is 735 g/mol. The first-order valence-electron chi connectivity index (χ1n) is 20.8. The number of hydrogen-bond donors (Lipinski definition) is 4. The molecule has 55 heavy (non-hydrogen) atoms. The van der Waals surface area contributed by atoms with Crippen LogP contribution in [0, 0.1) is 0 Å². The van der Waals surface area contributed by atoms with Crippen molar-refractivity contribution in [2.75, 3.05) is 52.4 Å². The van der Waals surface area contributed by atoms with Crippen molar-refractivity contribution >= 4 is 0 Å². The molecule has 0 aliphatic carbocycles. The van der Waals surface area contributed by atoms with Crippen LogP contribution < -0.4 is 21.3 Å². The first-order valence-corrected chi connectivity index (χ1v) is 20.8. The standard InChI is InChI=1S/C48H61N7/c1-2-24-53-47(19-1)48(45-17-5-15-43(31-45)37-54-25-7-20-49-33-39-11-3-12-40(29-39)34-50-21-8-26-54)46-18-6-16-44(32-46)38-55-27-9-22-51-35-41-13-4-14-42(30-41)36-52-23-10-28-55/h1-6,11-19,24,29-32,48-52H,7-10,20-23,25-28,33-38H2. The Kier molecular flexibility index (Phi) is 15.0. The Morgan fingerprint density at radius 3 is 1.27 bits per heavy atom. The van der Waals surface area contributed by atoms with Gasteiger partial charge in [0.05, 0.1) is 11.6 Å². The Bertz CT molecular complexity index is 1700. The number of pyridine rings is 1. The lowest BCUT2D eigenvalue weighted by molar-refractivity contribution is 0.256. The van der Waals surface area contributed by atoms with Crippen LogP contribution in [0.25, 0.3) is 0 Å². The number of nitrogens with zero attached hydrogens (tertiary/aromatic N) is 3. The quantitative estimate of drug-likeness (QED) is 0.141. The summed E-state index contributed by atoms with van der Waals surface area (Å²) >= 11 is 0. The van der Waals surface area contributed by atoms with Gasteiger partial charge in [-0.3, -0.25) is 14.8 Å². The van der Waals surface area contributed by atoms with Gasteiger partial charge in [-0.15, -0.1) is 0 Å². The molecule has 0 fully saturated rings. The number of benzene rings is 4. The molecular formula is C48H61N7. The second kappa shape index (κ2) is 21.2. The summed E-state index contributed by atoms with van der Waals surface area (Å²) in [4.78, 5) is 10.2. The highest BCUT2D eigenvalue weighted by Crippen LogP contribution is 2.32. The molecule has 2 aliphatic heterocycles. The Morgan fingerprint density at radius 1 is 0.455 bits per heavy atom. The van der Waals surface area contributed by atoms with E-state index in [4.69, 9.17) is 4.98 Å². The first kappa shape index (κ1) is 39.0. The van der Waals surface area contributed by atoms with Gasteiger partial charge in [0.1, 0.15) is 0 Å². The predicted octanol–water partition coefficient (Wildman–Crippen LogP) is 7.21. The molecule has 3 heterocycles. The molecule has 0 atom stereocenters. The molecule has 2 aliphatic rings. The summed E-state index contributed by atoms with van der Waals surface area (Å²) in [5.41, 5.74) is 11.9. The maximum atomic E-state index is 4.94. The van der Waals surface area contributed by atoms with Crippen molar-refractivity contribution in [2.24, 2.45) is 0 Å². The SMILES string of the molecule is c1ccc(C(c2cccc(CN3CCCNCc4cccc(c4)CNCCC3)c2)c2cccc(CN3CCCNCc4cccc(c4)CNCCC3)c2)nc1. The van der Waals surface area contributed by atoms with E-state index in [0.717, 1.165) is 123 Å². The Labute approximate surface area is 330 Å². The minimum Gasteiger partial charge on any atom is -0.313 e. The first-order chi connectivity index (χ1) is 27.2. The van der Waals surface area contributed by atoms with Crippen molar-refractivity contribution in [2.45, 2.75) is 70.9 Å². The molecule has 1 aromatic heterocycles. The lowest BCUT2D eigenvalue weighted by Crippen LogP contribution is -2.30. The summed E-state index contributed by atoms with van der Waals surface area (Å²) < 4.78 is 0. The van der Waals surface area contributed by atoms with E-state index in [0.29, 0.717) is 0 Å². The Balaban J connectivity index is 1.03. The molecule has 4 aromatic carbocycles. The topological polar surface area (TPSA) is 67.5 Å². The lowest BCUT2D eigenvalue weighted by atomic mass is 9.86. The van der Waals surface area contributed by atoms with E-state index in [1.807, 2.05) is 12.3 Å². The molecule has 288 valence electrons. The minimum absolute atomic E-state index is 0.0649. The van der Waals surface area contributed by atoms with E-state index in [1.165, 1.54) is 44.5 Å². The van der Waals surface area contributed by atoms with Gasteiger partial charge >= 0.3 is 0 Å². The van der Waals surface area contributed by atoms with Crippen molar-refractivity contribution in [1.29, 1.82) is 0 Å². The third-order valence-electron chi connectivity index (χ3n) is 11.0. The zero-order chi connectivity index (χ0) is 37.3. The van der Waals surface area contributed by atoms with Crippen molar-refractivity contribution in [3.05, 3.63) is 172 Å². The third-order valence-corrected chi connectivity index (χ3v) is 11.0. The van der Waals surface area contributed by atoms with Gasteiger partial charge in [-0.05, 0) is 135 Å². The summed E-state index contributed by atoms with van der Waals surface area (Å²) in [6, 6.07) is 42.9. The summed E-state index contributed by atoms with van der Waals surface area (Å²) in [7, 11) is 0. The van der Waals surface area contributed by atoms with Crippen LogP contribution in [0.1, 0.15) is 81.8 Å². The van der Waals surface area contributed by atoms with Gasteiger partial charge in [0.25, 0.3) is 0 Å². The van der Waals surface area contributed by atoms with E-state index in [1.54, 1.807) is 0 Å². The average molecular weight is 736 g/mol. The second-order valence-electron chi connectivity index (χ2n) is 15.5. The molecule has 0 unspecified atom stereocenters. The van der Waals surface area contributed by atoms with E-state index in [9.17, 15) is 0 Å². The van der Waals surface area contributed by atoms with E-state index in [-0.39, 0.29) is 5.92 Å². The van der Waals surface area contributed by atoms with Crippen LogP contribution in [-0.4, -0.2) is 67.1 Å². The second-order valence-corrected chi connectivity index (χ2v) is 15.5. The van der Waals surface area contributed by atoms with Crippen LogP contribution in [0.15, 0.2) is 121 Å². The van der Waals surface area contributed by atoms with Gasteiger partial charge < -0.3 is 21.3 Å². The highest BCUT2D eigenvalue weighted by atomic mass is 15.1. The molecule has 0 radical (unpaired) electrons.